The maximum Gasteiger partial charge on any atom is 0.305 e. The van der Waals surface area contributed by atoms with Crippen LogP contribution in [0.1, 0.15) is 36.0 Å². The van der Waals surface area contributed by atoms with Crippen molar-refractivity contribution in [3.63, 3.8) is 0 Å². The molecule has 1 aromatic carbocycles. The molecule has 0 aromatic heterocycles. The quantitative estimate of drug-likeness (QED) is 0.863. The number of benzene rings is 1. The lowest BCUT2D eigenvalue weighted by molar-refractivity contribution is -0.137. The first kappa shape index (κ1) is 13.4. The number of anilines is 1. The number of primary amides is 1. The van der Waals surface area contributed by atoms with Crippen LogP contribution >= 0.6 is 0 Å². The standard InChI is InChI=1S/C14H18N2O3/c15-14(19)10-4-6-11(7-5-10)16-8-2-1-3-12(16)9-13(17)18/h4-7,12H,1-3,8-9H2,(H2,15,19)(H,17,18). The Kier molecular flexibility index (Phi) is 4.04. The molecule has 1 fully saturated rings. The summed E-state index contributed by atoms with van der Waals surface area (Å²) in [5, 5.41) is 8.96. The van der Waals surface area contributed by atoms with Gasteiger partial charge >= 0.3 is 5.97 Å². The second-order valence-electron chi connectivity index (χ2n) is 4.85. The van der Waals surface area contributed by atoms with E-state index in [-0.39, 0.29) is 12.5 Å². The number of carbonyl (C=O) groups is 2. The topological polar surface area (TPSA) is 83.6 Å². The largest absolute Gasteiger partial charge is 0.481 e. The maximum atomic E-state index is 11.0. The number of nitrogens with zero attached hydrogens (tertiary/aromatic N) is 1. The second-order valence-corrected chi connectivity index (χ2v) is 4.85. The van der Waals surface area contributed by atoms with Gasteiger partial charge in [0, 0.05) is 23.8 Å². The number of hydrogen-bond donors (Lipinski definition) is 2. The summed E-state index contributed by atoms with van der Waals surface area (Å²) in [5.74, 6) is -1.22. The molecule has 2 rings (SSSR count). The van der Waals surface area contributed by atoms with E-state index >= 15 is 0 Å². The summed E-state index contributed by atoms with van der Waals surface area (Å²) in [6.45, 7) is 0.855. The molecular weight excluding hydrogens is 244 g/mol. The molecule has 5 nitrogen and oxygen atoms in total. The number of piperidine rings is 1. The molecule has 1 atom stereocenters. The third-order valence-electron chi connectivity index (χ3n) is 3.52. The lowest BCUT2D eigenvalue weighted by Crippen LogP contribution is -2.40. The summed E-state index contributed by atoms with van der Waals surface area (Å²) in [4.78, 5) is 24.0. The van der Waals surface area contributed by atoms with Gasteiger partial charge in [-0.3, -0.25) is 9.59 Å². The van der Waals surface area contributed by atoms with Crippen molar-refractivity contribution in [2.45, 2.75) is 31.7 Å². The van der Waals surface area contributed by atoms with E-state index in [1.165, 1.54) is 0 Å². The first-order valence-corrected chi connectivity index (χ1v) is 6.46. The minimum Gasteiger partial charge on any atom is -0.481 e. The smallest absolute Gasteiger partial charge is 0.305 e. The number of carbonyl (C=O) groups excluding carboxylic acids is 1. The number of nitrogens with two attached hydrogens (primary N) is 1. The van der Waals surface area contributed by atoms with Crippen molar-refractivity contribution in [3.05, 3.63) is 29.8 Å². The van der Waals surface area contributed by atoms with Crippen molar-refractivity contribution < 1.29 is 14.7 Å². The summed E-state index contributed by atoms with van der Waals surface area (Å²) in [6.07, 6.45) is 3.17. The molecule has 19 heavy (non-hydrogen) atoms. The molecule has 102 valence electrons. The Morgan fingerprint density at radius 2 is 1.95 bits per heavy atom. The third kappa shape index (κ3) is 3.24. The Morgan fingerprint density at radius 1 is 1.26 bits per heavy atom. The van der Waals surface area contributed by atoms with Crippen molar-refractivity contribution in [1.29, 1.82) is 0 Å². The van der Waals surface area contributed by atoms with Crippen LogP contribution in [0.25, 0.3) is 0 Å². The SMILES string of the molecule is NC(=O)c1ccc(N2CCCCC2CC(=O)O)cc1. The van der Waals surface area contributed by atoms with Crippen LogP contribution in [-0.4, -0.2) is 29.6 Å². The predicted molar refractivity (Wildman–Crippen MR) is 72.2 cm³/mol. The number of hydrogen-bond acceptors (Lipinski definition) is 3. The van der Waals surface area contributed by atoms with Crippen LogP contribution in [0, 0.1) is 0 Å². The van der Waals surface area contributed by atoms with Gasteiger partial charge in [-0.1, -0.05) is 0 Å². The highest BCUT2D eigenvalue weighted by Crippen LogP contribution is 2.26. The van der Waals surface area contributed by atoms with E-state index in [9.17, 15) is 9.59 Å². The predicted octanol–water partition coefficient (Wildman–Crippen LogP) is 1.62. The number of carboxylic acid groups (broad SMARTS) is 1. The molecule has 5 heteroatoms. The monoisotopic (exact) mass is 262 g/mol. The van der Waals surface area contributed by atoms with Gasteiger partial charge in [-0.25, -0.2) is 0 Å². The molecule has 0 bridgehead atoms. The van der Waals surface area contributed by atoms with Crippen molar-refractivity contribution in [2.24, 2.45) is 5.73 Å². The minimum absolute atomic E-state index is 0.0330. The summed E-state index contributed by atoms with van der Waals surface area (Å²) in [6, 6.07) is 7.07. The van der Waals surface area contributed by atoms with E-state index in [0.29, 0.717) is 5.56 Å². The van der Waals surface area contributed by atoms with E-state index in [0.717, 1.165) is 31.5 Å². The fraction of sp³-hybridized carbons (Fsp3) is 0.429. The highest BCUT2D eigenvalue weighted by molar-refractivity contribution is 5.93. The molecule has 0 spiro atoms. The van der Waals surface area contributed by atoms with E-state index in [1.54, 1.807) is 12.1 Å². The molecule has 1 saturated heterocycles. The molecule has 1 heterocycles. The van der Waals surface area contributed by atoms with Crippen LogP contribution in [0.5, 0.6) is 0 Å². The average molecular weight is 262 g/mol. The molecule has 0 radical (unpaired) electrons. The van der Waals surface area contributed by atoms with Gasteiger partial charge in [-0.15, -0.1) is 0 Å². The molecule has 1 unspecified atom stereocenters. The normalized spacial score (nSPS) is 19.2. The van der Waals surface area contributed by atoms with Gasteiger partial charge in [0.15, 0.2) is 0 Å². The van der Waals surface area contributed by atoms with E-state index in [1.807, 2.05) is 12.1 Å². The van der Waals surface area contributed by atoms with Crippen LogP contribution < -0.4 is 10.6 Å². The number of rotatable bonds is 4. The van der Waals surface area contributed by atoms with Gasteiger partial charge in [0.25, 0.3) is 0 Å². The average Bonchev–Trinajstić information content (AvgIpc) is 2.39. The van der Waals surface area contributed by atoms with E-state index < -0.39 is 11.9 Å². The molecule has 0 aliphatic carbocycles. The first-order valence-electron chi connectivity index (χ1n) is 6.46. The van der Waals surface area contributed by atoms with Gasteiger partial charge in [-0.05, 0) is 43.5 Å². The fourth-order valence-corrected chi connectivity index (χ4v) is 2.57. The lowest BCUT2D eigenvalue weighted by Gasteiger charge is -2.37. The summed E-state index contributed by atoms with van der Waals surface area (Å²) < 4.78 is 0. The minimum atomic E-state index is -0.773. The Bertz CT molecular complexity index is 470. The van der Waals surface area contributed by atoms with Crippen LogP contribution in [0.4, 0.5) is 5.69 Å². The van der Waals surface area contributed by atoms with Gasteiger partial charge in [-0.2, -0.15) is 0 Å². The van der Waals surface area contributed by atoms with Crippen molar-refractivity contribution in [2.75, 3.05) is 11.4 Å². The summed E-state index contributed by atoms with van der Waals surface area (Å²) in [7, 11) is 0. The van der Waals surface area contributed by atoms with E-state index in [4.69, 9.17) is 10.8 Å². The molecule has 1 aliphatic rings. The molecule has 0 saturated carbocycles. The van der Waals surface area contributed by atoms with Gasteiger partial charge < -0.3 is 15.7 Å². The number of amides is 1. The number of aliphatic carboxylic acids is 1. The zero-order valence-electron chi connectivity index (χ0n) is 10.7. The van der Waals surface area contributed by atoms with Gasteiger partial charge in [0.05, 0.1) is 6.42 Å². The van der Waals surface area contributed by atoms with Gasteiger partial charge in [0.2, 0.25) is 5.91 Å². The summed E-state index contributed by atoms with van der Waals surface area (Å²) in [5.41, 5.74) is 6.63. The molecular formula is C14H18N2O3. The maximum absolute atomic E-state index is 11.0. The lowest BCUT2D eigenvalue weighted by atomic mass is 9.98. The molecule has 1 amide bonds. The number of carboxylic acids is 1. The highest BCUT2D eigenvalue weighted by atomic mass is 16.4. The highest BCUT2D eigenvalue weighted by Gasteiger charge is 2.24. The Balaban J connectivity index is 2.17. The summed E-state index contributed by atoms with van der Waals surface area (Å²) >= 11 is 0. The van der Waals surface area contributed by atoms with Crippen molar-refractivity contribution in [1.82, 2.24) is 0 Å². The Labute approximate surface area is 112 Å². The zero-order chi connectivity index (χ0) is 13.8. The van der Waals surface area contributed by atoms with Crippen molar-refractivity contribution >= 4 is 17.6 Å². The van der Waals surface area contributed by atoms with E-state index in [2.05, 4.69) is 4.90 Å². The molecule has 1 aromatic rings. The Hall–Kier alpha value is -2.04. The van der Waals surface area contributed by atoms with Crippen LogP contribution in [0.2, 0.25) is 0 Å². The molecule has 1 aliphatic heterocycles. The van der Waals surface area contributed by atoms with Gasteiger partial charge in [0.1, 0.15) is 0 Å². The van der Waals surface area contributed by atoms with Crippen LogP contribution in [0.15, 0.2) is 24.3 Å². The second kappa shape index (κ2) is 5.73. The van der Waals surface area contributed by atoms with Crippen LogP contribution in [-0.2, 0) is 4.79 Å². The third-order valence-corrected chi connectivity index (χ3v) is 3.52. The fourth-order valence-electron chi connectivity index (χ4n) is 2.57. The first-order chi connectivity index (χ1) is 9.08. The van der Waals surface area contributed by atoms with Crippen LogP contribution in [0.3, 0.4) is 0 Å². The van der Waals surface area contributed by atoms with Crippen molar-refractivity contribution in [3.8, 4) is 0 Å². The molecule has 3 N–H and O–H groups in total. The zero-order valence-corrected chi connectivity index (χ0v) is 10.7. The Morgan fingerprint density at radius 3 is 2.53 bits per heavy atom.